The van der Waals surface area contributed by atoms with Crippen LogP contribution in [0.15, 0.2) is 23.1 Å². The van der Waals surface area contributed by atoms with Crippen molar-refractivity contribution in [3.05, 3.63) is 29.8 Å². The second-order valence-corrected chi connectivity index (χ2v) is 6.34. The molecule has 1 atom stereocenters. The summed E-state index contributed by atoms with van der Waals surface area (Å²) in [7, 11) is -4.52. The van der Waals surface area contributed by atoms with Gasteiger partial charge in [0.15, 0.2) is 4.90 Å². The number of piperidine rings is 1. The molecule has 110 valence electrons. The molecule has 20 heavy (non-hydrogen) atoms. The molecule has 0 radical (unpaired) electrons. The van der Waals surface area contributed by atoms with Gasteiger partial charge in [-0.25, -0.2) is 17.2 Å². The normalized spacial score (nSPS) is 20.8. The first-order chi connectivity index (χ1) is 9.35. The highest BCUT2D eigenvalue weighted by Gasteiger charge is 2.40. The number of rotatable bonds is 3. The van der Waals surface area contributed by atoms with Crippen LogP contribution in [0.2, 0.25) is 0 Å². The van der Waals surface area contributed by atoms with Crippen molar-refractivity contribution in [1.29, 1.82) is 0 Å². The zero-order chi connectivity index (χ0) is 14.9. The Kier molecular flexibility index (Phi) is 4.05. The van der Waals surface area contributed by atoms with Gasteiger partial charge in [0.2, 0.25) is 10.0 Å². The van der Waals surface area contributed by atoms with Crippen LogP contribution in [-0.4, -0.2) is 36.4 Å². The molecule has 0 spiro atoms. The maximum atomic E-state index is 13.6. The number of carboxylic acids is 1. The van der Waals surface area contributed by atoms with E-state index >= 15 is 0 Å². The summed E-state index contributed by atoms with van der Waals surface area (Å²) in [6, 6.07) is 1.42. The predicted molar refractivity (Wildman–Crippen MR) is 65.5 cm³/mol. The van der Waals surface area contributed by atoms with Gasteiger partial charge in [0.05, 0.1) is 0 Å². The minimum absolute atomic E-state index is 0.0624. The first-order valence-electron chi connectivity index (χ1n) is 6.04. The van der Waals surface area contributed by atoms with E-state index in [9.17, 15) is 22.0 Å². The summed E-state index contributed by atoms with van der Waals surface area (Å²) in [5.74, 6) is -3.76. The molecule has 5 nitrogen and oxygen atoms in total. The average Bonchev–Trinajstić information content (AvgIpc) is 2.38. The van der Waals surface area contributed by atoms with Crippen LogP contribution >= 0.6 is 0 Å². The smallest absolute Gasteiger partial charge is 0.322 e. The quantitative estimate of drug-likeness (QED) is 0.920. The van der Waals surface area contributed by atoms with Crippen molar-refractivity contribution in [3.8, 4) is 0 Å². The van der Waals surface area contributed by atoms with Crippen molar-refractivity contribution in [3.63, 3.8) is 0 Å². The number of hydrogen-bond acceptors (Lipinski definition) is 3. The molecule has 1 heterocycles. The zero-order valence-electron chi connectivity index (χ0n) is 10.4. The number of sulfonamides is 1. The first-order valence-corrected chi connectivity index (χ1v) is 7.48. The molecule has 1 N–H and O–H groups in total. The second kappa shape index (κ2) is 5.45. The van der Waals surface area contributed by atoms with E-state index in [4.69, 9.17) is 5.11 Å². The molecular weight excluding hydrogens is 292 g/mol. The molecule has 0 aromatic heterocycles. The Hall–Kier alpha value is -1.54. The van der Waals surface area contributed by atoms with Gasteiger partial charge in [-0.15, -0.1) is 0 Å². The van der Waals surface area contributed by atoms with E-state index in [-0.39, 0.29) is 13.0 Å². The first kappa shape index (κ1) is 14.9. The van der Waals surface area contributed by atoms with Crippen LogP contribution in [0.4, 0.5) is 8.78 Å². The van der Waals surface area contributed by atoms with Gasteiger partial charge in [-0.1, -0.05) is 6.07 Å². The minimum atomic E-state index is -4.52. The number of carbonyl (C=O) groups is 1. The van der Waals surface area contributed by atoms with Crippen LogP contribution in [0.3, 0.4) is 0 Å². The Morgan fingerprint density at radius 3 is 2.40 bits per heavy atom. The van der Waals surface area contributed by atoms with Crippen LogP contribution in [0.1, 0.15) is 19.3 Å². The van der Waals surface area contributed by atoms with E-state index < -0.39 is 38.6 Å². The monoisotopic (exact) mass is 305 g/mol. The Morgan fingerprint density at radius 2 is 1.85 bits per heavy atom. The summed E-state index contributed by atoms with van der Waals surface area (Å²) in [6.07, 6.45) is 1.15. The highest BCUT2D eigenvalue weighted by molar-refractivity contribution is 7.89. The zero-order valence-corrected chi connectivity index (χ0v) is 11.2. The molecule has 1 saturated heterocycles. The van der Waals surface area contributed by atoms with Gasteiger partial charge >= 0.3 is 5.97 Å². The lowest BCUT2D eigenvalue weighted by Crippen LogP contribution is -2.48. The molecule has 1 aliphatic heterocycles. The third-order valence-corrected chi connectivity index (χ3v) is 5.18. The molecule has 8 heteroatoms. The molecule has 0 aliphatic carbocycles. The molecule has 1 fully saturated rings. The molecule has 2 rings (SSSR count). The average molecular weight is 305 g/mol. The Balaban J connectivity index is 2.51. The maximum absolute atomic E-state index is 13.6. The van der Waals surface area contributed by atoms with Gasteiger partial charge in [0, 0.05) is 6.54 Å². The third-order valence-electron chi connectivity index (χ3n) is 3.22. The SMILES string of the molecule is O=C(O)C1CCCCN1S(=O)(=O)c1c(F)cccc1F. The lowest BCUT2D eigenvalue weighted by atomic mass is 10.1. The van der Waals surface area contributed by atoms with E-state index in [1.54, 1.807) is 0 Å². The summed E-state index contributed by atoms with van der Waals surface area (Å²) < 4.78 is 52.6. The number of carboxylic acid groups (broad SMARTS) is 1. The van der Waals surface area contributed by atoms with Gasteiger partial charge in [-0.05, 0) is 31.4 Å². The van der Waals surface area contributed by atoms with Gasteiger partial charge < -0.3 is 5.11 Å². The Bertz CT molecular complexity index is 612. The molecule has 0 saturated carbocycles. The minimum Gasteiger partial charge on any atom is -0.480 e. The van der Waals surface area contributed by atoms with Gasteiger partial charge in [0.25, 0.3) is 0 Å². The molecule has 0 bridgehead atoms. The van der Waals surface area contributed by atoms with Crippen molar-refractivity contribution in [1.82, 2.24) is 4.31 Å². The summed E-state index contributed by atoms with van der Waals surface area (Å²) in [5, 5.41) is 9.06. The highest BCUT2D eigenvalue weighted by atomic mass is 32.2. The summed E-state index contributed by atoms with van der Waals surface area (Å²) in [5.41, 5.74) is 0. The molecule has 0 amide bonds. The largest absolute Gasteiger partial charge is 0.480 e. The maximum Gasteiger partial charge on any atom is 0.322 e. The van der Waals surface area contributed by atoms with Crippen LogP contribution in [0.5, 0.6) is 0 Å². The summed E-state index contributed by atoms with van der Waals surface area (Å²) in [4.78, 5) is 10.0. The van der Waals surface area contributed by atoms with Crippen LogP contribution < -0.4 is 0 Å². The van der Waals surface area contributed by atoms with Crippen molar-refractivity contribution in [2.24, 2.45) is 0 Å². The van der Waals surface area contributed by atoms with Crippen LogP contribution in [0, 0.1) is 11.6 Å². The fraction of sp³-hybridized carbons (Fsp3) is 0.417. The molecule has 1 aromatic rings. The van der Waals surface area contributed by atoms with E-state index in [0.29, 0.717) is 17.1 Å². The lowest BCUT2D eigenvalue weighted by molar-refractivity contribution is -0.142. The fourth-order valence-electron chi connectivity index (χ4n) is 2.29. The fourth-order valence-corrected chi connectivity index (χ4v) is 4.05. The van der Waals surface area contributed by atoms with E-state index in [1.165, 1.54) is 0 Å². The van der Waals surface area contributed by atoms with Crippen LogP contribution in [-0.2, 0) is 14.8 Å². The lowest BCUT2D eigenvalue weighted by Gasteiger charge is -2.31. The number of halogens is 2. The number of nitrogens with zero attached hydrogens (tertiary/aromatic N) is 1. The second-order valence-electron chi connectivity index (χ2n) is 4.52. The Morgan fingerprint density at radius 1 is 1.25 bits per heavy atom. The van der Waals surface area contributed by atoms with Gasteiger partial charge in [0.1, 0.15) is 17.7 Å². The molecular formula is C12H13F2NO4S. The summed E-state index contributed by atoms with van der Waals surface area (Å²) >= 11 is 0. The van der Waals surface area contributed by atoms with Crippen molar-refractivity contribution >= 4 is 16.0 Å². The number of hydrogen-bond donors (Lipinski definition) is 1. The topological polar surface area (TPSA) is 74.7 Å². The van der Waals surface area contributed by atoms with Crippen molar-refractivity contribution in [2.75, 3.05) is 6.54 Å². The highest BCUT2D eigenvalue weighted by Crippen LogP contribution is 2.28. The molecule has 1 unspecified atom stereocenters. The predicted octanol–water partition coefficient (Wildman–Crippen LogP) is 1.59. The Labute approximate surface area is 114 Å². The van der Waals surface area contributed by atoms with Crippen molar-refractivity contribution < 1.29 is 27.1 Å². The number of benzene rings is 1. The van der Waals surface area contributed by atoms with Crippen LogP contribution in [0.25, 0.3) is 0 Å². The van der Waals surface area contributed by atoms with Gasteiger partial charge in [-0.2, -0.15) is 4.31 Å². The van der Waals surface area contributed by atoms with E-state index in [1.807, 2.05) is 0 Å². The summed E-state index contributed by atoms with van der Waals surface area (Å²) in [6.45, 7) is -0.0624. The van der Waals surface area contributed by atoms with Gasteiger partial charge in [-0.3, -0.25) is 4.79 Å². The van der Waals surface area contributed by atoms with E-state index in [2.05, 4.69) is 0 Å². The molecule has 1 aliphatic rings. The third kappa shape index (κ3) is 2.53. The standard InChI is InChI=1S/C12H13F2NO4S/c13-8-4-3-5-9(14)11(8)20(18,19)15-7-2-1-6-10(15)12(16)17/h3-5,10H,1-2,6-7H2,(H,16,17). The van der Waals surface area contributed by atoms with E-state index in [0.717, 1.165) is 18.2 Å². The molecule has 1 aromatic carbocycles. The van der Waals surface area contributed by atoms with Crippen molar-refractivity contribution in [2.45, 2.75) is 30.2 Å². The number of aliphatic carboxylic acids is 1.